The zero-order valence-electron chi connectivity index (χ0n) is 8.16. The fraction of sp³-hybridized carbons (Fsp3) is 0. The first-order valence-corrected chi connectivity index (χ1v) is 4.26. The van der Waals surface area contributed by atoms with Gasteiger partial charge in [0.15, 0.2) is 0 Å². The van der Waals surface area contributed by atoms with Crippen molar-refractivity contribution in [1.82, 2.24) is 10.3 Å². The van der Waals surface area contributed by atoms with Crippen molar-refractivity contribution in [2.45, 2.75) is 0 Å². The van der Waals surface area contributed by atoms with Gasteiger partial charge in [0.2, 0.25) is 0 Å². The first-order chi connectivity index (χ1) is 7.77. The molecule has 0 aliphatic rings. The molecule has 0 spiro atoms. The van der Waals surface area contributed by atoms with E-state index in [-0.39, 0.29) is 5.57 Å². The molecule has 1 amide bonds. The molecule has 0 aliphatic carbocycles. The Hall–Kier alpha value is -2.68. The Kier molecular flexibility index (Phi) is 4.22. The molecule has 0 aliphatic heterocycles. The summed E-state index contributed by atoms with van der Waals surface area (Å²) >= 11 is 0. The van der Waals surface area contributed by atoms with Gasteiger partial charge in [0, 0.05) is 12.4 Å². The molecule has 16 heavy (non-hydrogen) atoms. The summed E-state index contributed by atoms with van der Waals surface area (Å²) in [5.41, 5.74) is 0.591. The van der Waals surface area contributed by atoms with Crippen LogP contribution >= 0.6 is 0 Å². The second-order valence-electron chi connectivity index (χ2n) is 2.67. The molecule has 0 radical (unpaired) electrons. The second kappa shape index (κ2) is 5.93. The predicted octanol–water partition coefficient (Wildman–Crippen LogP) is 0.522. The molecule has 0 saturated heterocycles. The van der Waals surface area contributed by atoms with Gasteiger partial charge in [-0.2, -0.15) is 5.26 Å². The lowest BCUT2D eigenvalue weighted by molar-refractivity contribution is -0.115. The first kappa shape index (κ1) is 11.4. The zero-order chi connectivity index (χ0) is 11.8. The van der Waals surface area contributed by atoms with E-state index in [1.165, 1.54) is 6.08 Å². The highest BCUT2D eigenvalue weighted by molar-refractivity contribution is 6.06. The molecule has 0 atom stereocenters. The highest BCUT2D eigenvalue weighted by Crippen LogP contribution is 2.04. The Morgan fingerprint density at radius 2 is 2.25 bits per heavy atom. The van der Waals surface area contributed by atoms with Crippen LogP contribution in [0, 0.1) is 11.3 Å². The minimum atomic E-state index is -0.642. The maximum absolute atomic E-state index is 11.3. The van der Waals surface area contributed by atoms with Gasteiger partial charge in [-0.05, 0) is 23.8 Å². The van der Waals surface area contributed by atoms with E-state index < -0.39 is 5.91 Å². The van der Waals surface area contributed by atoms with Crippen LogP contribution in [0.25, 0.3) is 6.08 Å². The molecule has 1 aromatic heterocycles. The Bertz CT molecular complexity index is 459. The quantitative estimate of drug-likeness (QED) is 0.192. The van der Waals surface area contributed by atoms with Crippen LogP contribution in [0.5, 0.6) is 0 Å². The van der Waals surface area contributed by atoms with E-state index in [1.807, 2.05) is 0 Å². The van der Waals surface area contributed by atoms with Gasteiger partial charge in [-0.1, -0.05) is 5.16 Å². The minimum absolute atomic E-state index is 0.0916. The van der Waals surface area contributed by atoms with Crippen LogP contribution in [-0.2, 0) is 4.79 Å². The Balaban J connectivity index is 2.87. The molecule has 0 aromatic carbocycles. The van der Waals surface area contributed by atoms with Gasteiger partial charge in [-0.15, -0.1) is 0 Å². The molecule has 1 rings (SSSR count). The maximum Gasteiger partial charge on any atom is 0.267 e. The summed E-state index contributed by atoms with van der Waals surface area (Å²) in [6.07, 6.45) is 5.30. The Labute approximate surface area is 91.5 Å². The molecule has 80 valence electrons. The molecule has 0 saturated carbocycles. The lowest BCUT2D eigenvalue weighted by Gasteiger charge is -1.96. The molecule has 6 heteroatoms. The monoisotopic (exact) mass is 216 g/mol. The number of hydrogen-bond donors (Lipinski definition) is 2. The number of carbonyl (C=O) groups is 1. The first-order valence-electron chi connectivity index (χ1n) is 4.26. The van der Waals surface area contributed by atoms with Crippen LogP contribution in [0.1, 0.15) is 5.56 Å². The van der Waals surface area contributed by atoms with E-state index in [4.69, 9.17) is 10.5 Å². The molecule has 0 unspecified atom stereocenters. The Morgan fingerprint density at radius 3 is 2.81 bits per heavy atom. The lowest BCUT2D eigenvalue weighted by atomic mass is 10.1. The standard InChI is InChI=1S/C10H8N4O2/c11-6-9(10(15)13-7-14-16)5-8-1-3-12-4-2-8/h1-5,7,16H,(H,13,14,15)/b9-5+. The third-order valence-corrected chi connectivity index (χ3v) is 1.64. The fourth-order valence-electron chi connectivity index (χ4n) is 0.940. The van der Waals surface area contributed by atoms with Crippen LogP contribution in [-0.4, -0.2) is 22.4 Å². The summed E-state index contributed by atoms with van der Waals surface area (Å²) in [4.78, 5) is 15.1. The number of nitriles is 1. The highest BCUT2D eigenvalue weighted by Gasteiger charge is 2.06. The number of oxime groups is 1. The summed E-state index contributed by atoms with van der Waals surface area (Å²) in [6, 6.07) is 5.06. The third kappa shape index (κ3) is 3.23. The van der Waals surface area contributed by atoms with Gasteiger partial charge in [-0.3, -0.25) is 9.78 Å². The highest BCUT2D eigenvalue weighted by atomic mass is 16.4. The molecular formula is C10H8N4O2. The van der Waals surface area contributed by atoms with Gasteiger partial charge in [0.05, 0.1) is 0 Å². The van der Waals surface area contributed by atoms with Crippen molar-refractivity contribution in [2.24, 2.45) is 5.16 Å². The maximum atomic E-state index is 11.3. The lowest BCUT2D eigenvalue weighted by Crippen LogP contribution is -2.22. The van der Waals surface area contributed by atoms with Gasteiger partial charge in [0.1, 0.15) is 18.0 Å². The SMILES string of the molecule is N#C/C(=C\c1ccncc1)C(=O)N/C=N\O. The molecule has 6 nitrogen and oxygen atoms in total. The van der Waals surface area contributed by atoms with Crippen LogP contribution in [0.3, 0.4) is 0 Å². The van der Waals surface area contributed by atoms with Crippen molar-refractivity contribution in [3.63, 3.8) is 0 Å². The molecule has 1 heterocycles. The number of rotatable bonds is 3. The molecule has 2 N–H and O–H groups in total. The third-order valence-electron chi connectivity index (χ3n) is 1.64. The van der Waals surface area contributed by atoms with Crippen LogP contribution in [0.2, 0.25) is 0 Å². The second-order valence-corrected chi connectivity index (χ2v) is 2.67. The zero-order valence-corrected chi connectivity index (χ0v) is 8.16. The van der Waals surface area contributed by atoms with Gasteiger partial charge >= 0.3 is 0 Å². The molecule has 0 bridgehead atoms. The molecular weight excluding hydrogens is 208 g/mol. The van der Waals surface area contributed by atoms with E-state index in [9.17, 15) is 4.79 Å². The van der Waals surface area contributed by atoms with Crippen molar-refractivity contribution in [1.29, 1.82) is 5.26 Å². The van der Waals surface area contributed by atoms with Crippen molar-refractivity contribution in [3.8, 4) is 6.07 Å². The number of hydrogen-bond acceptors (Lipinski definition) is 5. The Morgan fingerprint density at radius 1 is 1.56 bits per heavy atom. The van der Waals surface area contributed by atoms with Crippen molar-refractivity contribution in [2.75, 3.05) is 0 Å². The van der Waals surface area contributed by atoms with Crippen molar-refractivity contribution in [3.05, 3.63) is 35.7 Å². The summed E-state index contributed by atoms with van der Waals surface area (Å²) in [5, 5.41) is 21.6. The smallest absolute Gasteiger partial charge is 0.267 e. The van der Waals surface area contributed by atoms with Crippen LogP contribution < -0.4 is 5.32 Å². The topological polar surface area (TPSA) is 98.4 Å². The summed E-state index contributed by atoms with van der Waals surface area (Å²) in [6.45, 7) is 0. The number of nitrogens with one attached hydrogen (secondary N) is 1. The van der Waals surface area contributed by atoms with E-state index in [1.54, 1.807) is 30.6 Å². The van der Waals surface area contributed by atoms with Crippen molar-refractivity contribution < 1.29 is 10.0 Å². The van der Waals surface area contributed by atoms with Crippen LogP contribution in [0.4, 0.5) is 0 Å². The average molecular weight is 216 g/mol. The number of amides is 1. The van der Waals surface area contributed by atoms with Gasteiger partial charge in [0.25, 0.3) is 5.91 Å². The molecule has 0 fully saturated rings. The van der Waals surface area contributed by atoms with E-state index in [2.05, 4.69) is 15.5 Å². The van der Waals surface area contributed by atoms with Crippen molar-refractivity contribution >= 4 is 18.3 Å². The molecule has 1 aromatic rings. The number of carbonyl (C=O) groups excluding carboxylic acids is 1. The number of pyridine rings is 1. The minimum Gasteiger partial charge on any atom is -0.410 e. The summed E-state index contributed by atoms with van der Waals surface area (Å²) in [7, 11) is 0. The average Bonchev–Trinajstić information content (AvgIpc) is 2.34. The summed E-state index contributed by atoms with van der Waals surface area (Å²) < 4.78 is 0. The van der Waals surface area contributed by atoms with Crippen LogP contribution in [0.15, 0.2) is 35.3 Å². The normalized spacial score (nSPS) is 11.1. The fourth-order valence-corrected chi connectivity index (χ4v) is 0.940. The van der Waals surface area contributed by atoms with E-state index in [0.29, 0.717) is 5.56 Å². The van der Waals surface area contributed by atoms with Gasteiger partial charge in [-0.25, -0.2) is 0 Å². The van der Waals surface area contributed by atoms with Gasteiger partial charge < -0.3 is 10.5 Å². The predicted molar refractivity (Wildman–Crippen MR) is 56.2 cm³/mol. The largest absolute Gasteiger partial charge is 0.410 e. The number of aromatic nitrogens is 1. The number of nitrogens with zero attached hydrogens (tertiary/aromatic N) is 3. The summed E-state index contributed by atoms with van der Waals surface area (Å²) in [5.74, 6) is -0.642. The van der Waals surface area contributed by atoms with E-state index >= 15 is 0 Å². The van der Waals surface area contributed by atoms with E-state index in [0.717, 1.165) is 6.34 Å².